The summed E-state index contributed by atoms with van der Waals surface area (Å²) in [5, 5.41) is 0. The lowest BCUT2D eigenvalue weighted by Gasteiger charge is -2.10. The molecule has 3 aromatic rings. The van der Waals surface area contributed by atoms with Crippen molar-refractivity contribution in [1.29, 1.82) is 0 Å². The quantitative estimate of drug-likeness (QED) is 0.631. The van der Waals surface area contributed by atoms with Crippen molar-refractivity contribution in [1.82, 2.24) is 0 Å². The van der Waals surface area contributed by atoms with E-state index in [4.69, 9.17) is 0 Å². The van der Waals surface area contributed by atoms with E-state index < -0.39 is 0 Å². The lowest BCUT2D eigenvalue weighted by Crippen LogP contribution is -2.44. The van der Waals surface area contributed by atoms with Crippen LogP contribution < -0.4 is 13.7 Å². The Morgan fingerprint density at radius 3 is 1.77 bits per heavy atom. The van der Waals surface area contributed by atoms with Crippen LogP contribution in [0.5, 0.6) is 0 Å². The highest BCUT2D eigenvalue weighted by Gasteiger charge is 2.31. The number of hydrogen-bond acceptors (Lipinski definition) is 0. The van der Waals surface area contributed by atoms with Crippen LogP contribution in [0.3, 0.4) is 0 Å². The molecule has 0 aromatic carbocycles. The van der Waals surface area contributed by atoms with E-state index in [0.29, 0.717) is 0 Å². The Kier molecular flexibility index (Phi) is 4.66. The normalized spacial score (nSPS) is 11.1. The summed E-state index contributed by atoms with van der Waals surface area (Å²) in [5.74, 6) is 0. The van der Waals surface area contributed by atoms with Gasteiger partial charge in [-0.15, -0.1) is 0 Å². The zero-order valence-electron chi connectivity index (χ0n) is 17.3. The molecule has 0 aliphatic carbocycles. The third-order valence-electron chi connectivity index (χ3n) is 5.36. The molecule has 0 radical (unpaired) electrons. The number of aromatic nitrogens is 3. The van der Waals surface area contributed by atoms with Gasteiger partial charge in [-0.05, 0) is 52.3 Å². The van der Waals surface area contributed by atoms with Gasteiger partial charge >= 0.3 is 0 Å². The Morgan fingerprint density at radius 1 is 0.577 bits per heavy atom. The van der Waals surface area contributed by atoms with Crippen LogP contribution in [0.4, 0.5) is 0 Å². The van der Waals surface area contributed by atoms with Crippen molar-refractivity contribution < 1.29 is 13.7 Å². The summed E-state index contributed by atoms with van der Waals surface area (Å²) in [6.45, 7) is 10.9. The summed E-state index contributed by atoms with van der Waals surface area (Å²) in [5.41, 5.74) is 11.5. The fourth-order valence-electron chi connectivity index (χ4n) is 3.96. The topological polar surface area (TPSA) is 11.6 Å². The van der Waals surface area contributed by atoms with Gasteiger partial charge in [-0.25, -0.2) is 0 Å². The molecule has 0 unspecified atom stereocenters. The molecule has 26 heavy (non-hydrogen) atoms. The fraction of sp³-hybridized carbons (Fsp3) is 0.348. The van der Waals surface area contributed by atoms with Gasteiger partial charge in [-0.3, -0.25) is 0 Å². The van der Waals surface area contributed by atoms with Gasteiger partial charge in [0.1, 0.15) is 21.1 Å². The maximum absolute atomic E-state index is 2.35. The van der Waals surface area contributed by atoms with Crippen LogP contribution in [0, 0.1) is 34.6 Å². The van der Waals surface area contributed by atoms with Crippen molar-refractivity contribution in [3.05, 3.63) is 64.5 Å². The monoisotopic (exact) mass is 348 g/mol. The minimum absolute atomic E-state index is 1.23. The number of nitrogens with zero attached hydrogens (tertiary/aromatic N) is 3. The summed E-state index contributed by atoms with van der Waals surface area (Å²) < 4.78 is 6.80. The maximum atomic E-state index is 2.35. The van der Waals surface area contributed by atoms with Crippen molar-refractivity contribution in [2.24, 2.45) is 21.1 Å². The number of aryl methyl sites for hydroxylation is 7. The number of rotatable bonds is 2. The molecule has 134 valence electrons. The van der Waals surface area contributed by atoms with Crippen molar-refractivity contribution >= 4 is 0 Å². The molecule has 0 amide bonds. The summed E-state index contributed by atoms with van der Waals surface area (Å²) in [4.78, 5) is 0. The van der Waals surface area contributed by atoms with E-state index in [-0.39, 0.29) is 0 Å². The Labute approximate surface area is 157 Å². The molecule has 0 aliphatic heterocycles. The third kappa shape index (κ3) is 3.03. The standard InChI is InChI=1S/C23H30N3/c1-15-9-10-20(24(6)13-15)22-17(3)11-18(4)23(26(22)8)21-12-16(2)19(5)14-25(21)7/h9-14H,1-8H3/q+3. The molecule has 0 bridgehead atoms. The predicted octanol–water partition coefficient (Wildman–Crippen LogP) is 3.04. The molecule has 3 heterocycles. The van der Waals surface area contributed by atoms with Gasteiger partial charge in [0.2, 0.25) is 0 Å². The molecule has 0 atom stereocenters. The largest absolute Gasteiger partial charge is 0.280 e. The molecule has 0 fully saturated rings. The van der Waals surface area contributed by atoms with Gasteiger partial charge in [0.05, 0.1) is 0 Å². The molecule has 3 rings (SSSR count). The van der Waals surface area contributed by atoms with Gasteiger partial charge in [-0.1, -0.05) is 0 Å². The van der Waals surface area contributed by atoms with Crippen LogP contribution in [0.1, 0.15) is 27.8 Å². The highest BCUT2D eigenvalue weighted by atomic mass is 15.0. The van der Waals surface area contributed by atoms with Crippen molar-refractivity contribution in [3.8, 4) is 22.8 Å². The molecule has 3 heteroatoms. The van der Waals surface area contributed by atoms with Crippen LogP contribution in [0.25, 0.3) is 22.8 Å². The van der Waals surface area contributed by atoms with Crippen LogP contribution in [0.15, 0.2) is 36.7 Å². The van der Waals surface area contributed by atoms with Crippen LogP contribution in [-0.4, -0.2) is 0 Å². The zero-order valence-corrected chi connectivity index (χ0v) is 17.3. The molecule has 3 nitrogen and oxygen atoms in total. The van der Waals surface area contributed by atoms with Crippen molar-refractivity contribution in [2.45, 2.75) is 34.6 Å². The lowest BCUT2D eigenvalue weighted by molar-refractivity contribution is -0.697. The summed E-state index contributed by atoms with van der Waals surface area (Å²) in [6.07, 6.45) is 4.40. The molecule has 0 saturated heterocycles. The van der Waals surface area contributed by atoms with Gasteiger partial charge < -0.3 is 0 Å². The summed E-state index contributed by atoms with van der Waals surface area (Å²) in [7, 11) is 6.43. The van der Waals surface area contributed by atoms with Crippen molar-refractivity contribution in [2.75, 3.05) is 0 Å². The molecule has 0 aliphatic rings. The Bertz CT molecular complexity index is 1020. The Morgan fingerprint density at radius 2 is 1.15 bits per heavy atom. The van der Waals surface area contributed by atoms with Gasteiger partial charge in [0.25, 0.3) is 22.8 Å². The highest BCUT2D eigenvalue weighted by Crippen LogP contribution is 2.24. The van der Waals surface area contributed by atoms with Crippen LogP contribution in [0.2, 0.25) is 0 Å². The lowest BCUT2D eigenvalue weighted by atomic mass is 10.0. The Hall–Kier alpha value is -2.55. The molecular formula is C23H30N3+3. The van der Waals surface area contributed by atoms with Crippen molar-refractivity contribution in [3.63, 3.8) is 0 Å². The van der Waals surface area contributed by atoms with E-state index in [1.54, 1.807) is 0 Å². The highest BCUT2D eigenvalue weighted by molar-refractivity contribution is 5.60. The van der Waals surface area contributed by atoms with E-state index in [9.17, 15) is 0 Å². The number of pyridine rings is 3. The van der Waals surface area contributed by atoms with Gasteiger partial charge in [-0.2, -0.15) is 13.7 Å². The molecule has 0 saturated carbocycles. The SMILES string of the molecule is Cc1ccc(-c2c(C)cc(C)c(-c3cc(C)c(C)c[n+]3C)[n+]2C)[n+](C)c1. The van der Waals surface area contributed by atoms with Crippen LogP contribution >= 0.6 is 0 Å². The number of hydrogen-bond donors (Lipinski definition) is 0. The average Bonchev–Trinajstić information content (AvgIpc) is 2.53. The minimum Gasteiger partial charge on any atom is -0.196 e. The second-order valence-electron chi connectivity index (χ2n) is 7.60. The second kappa shape index (κ2) is 6.64. The first-order valence-corrected chi connectivity index (χ1v) is 9.15. The summed E-state index contributed by atoms with van der Waals surface area (Å²) >= 11 is 0. The van der Waals surface area contributed by atoms with Gasteiger partial charge in [0, 0.05) is 34.4 Å². The first-order valence-electron chi connectivity index (χ1n) is 9.15. The minimum atomic E-state index is 1.23. The third-order valence-corrected chi connectivity index (χ3v) is 5.36. The van der Waals surface area contributed by atoms with E-state index in [1.165, 1.54) is 50.6 Å². The van der Waals surface area contributed by atoms with E-state index in [1.807, 2.05) is 0 Å². The average molecular weight is 349 g/mol. The van der Waals surface area contributed by atoms with Crippen LogP contribution in [-0.2, 0) is 21.1 Å². The first kappa shape index (κ1) is 18.2. The molecule has 0 N–H and O–H groups in total. The van der Waals surface area contributed by atoms with E-state index in [0.717, 1.165) is 0 Å². The molecule has 0 spiro atoms. The predicted molar refractivity (Wildman–Crippen MR) is 105 cm³/mol. The molecular weight excluding hydrogens is 318 g/mol. The van der Waals surface area contributed by atoms with E-state index >= 15 is 0 Å². The first-order chi connectivity index (χ1) is 12.2. The zero-order chi connectivity index (χ0) is 19.2. The maximum Gasteiger partial charge on any atom is 0.280 e. The van der Waals surface area contributed by atoms with Gasteiger partial charge in [0.15, 0.2) is 12.4 Å². The molecule has 3 aromatic heterocycles. The fourth-order valence-corrected chi connectivity index (χ4v) is 3.96. The smallest absolute Gasteiger partial charge is 0.196 e. The van der Waals surface area contributed by atoms with E-state index in [2.05, 4.69) is 106 Å². The second-order valence-corrected chi connectivity index (χ2v) is 7.60. The Balaban J connectivity index is 2.34. The summed E-state index contributed by atoms with van der Waals surface area (Å²) in [6, 6.07) is 9.01.